The second-order valence-electron chi connectivity index (χ2n) is 12.5. The van der Waals surface area contributed by atoms with Crippen LogP contribution in [0.4, 0.5) is 5.69 Å². The van der Waals surface area contributed by atoms with Gasteiger partial charge in [-0.25, -0.2) is 0 Å². The number of aliphatic hydroxyl groups excluding tert-OH is 1. The van der Waals surface area contributed by atoms with Gasteiger partial charge in [-0.2, -0.15) is 0 Å². The lowest BCUT2D eigenvalue weighted by molar-refractivity contribution is -0.157. The lowest BCUT2D eigenvalue weighted by Crippen LogP contribution is -2.60. The predicted octanol–water partition coefficient (Wildman–Crippen LogP) is 4.48. The summed E-state index contributed by atoms with van der Waals surface area (Å²) in [5, 5.41) is 10.4. The summed E-state index contributed by atoms with van der Waals surface area (Å²) in [6.45, 7) is 12.2. The number of para-hydroxylation sites is 1. The number of rotatable bonds is 12. The molecule has 1 aromatic rings. The second kappa shape index (κ2) is 12.3. The van der Waals surface area contributed by atoms with E-state index >= 15 is 0 Å². The Balaban J connectivity index is 1.61. The zero-order valence-corrected chi connectivity index (χ0v) is 25.2. The monoisotopic (exact) mass is 577 g/mol. The largest absolute Gasteiger partial charge is 0.394 e. The van der Waals surface area contributed by atoms with Gasteiger partial charge in [0.1, 0.15) is 11.6 Å². The Morgan fingerprint density at radius 1 is 1.07 bits per heavy atom. The van der Waals surface area contributed by atoms with Crippen molar-refractivity contribution >= 4 is 23.4 Å². The molecule has 1 aromatic carbocycles. The molecule has 1 saturated carbocycles. The standard InChI is InChI=1S/C34H47N3O5/c1-5-21-35(25-15-11-9-12-16-25)30(39)27-28-31(40)37(24(7-3)23-38)29(34(28)20-19-33(27,8-4)42-34)32(41)36(22-6-2)26-17-13-10-14-18-26/h5-6,9,11-12,15-16,24,26-29,38H,1-2,7-8,10,13-14,17-23H2,3-4H3/t24-,27-,28-,29?,33+,34?/m0/s1. The van der Waals surface area contributed by atoms with E-state index in [4.69, 9.17) is 4.74 Å². The normalized spacial score (nSPS) is 31.1. The van der Waals surface area contributed by atoms with E-state index in [9.17, 15) is 19.5 Å². The van der Waals surface area contributed by atoms with E-state index in [1.165, 1.54) is 0 Å². The smallest absolute Gasteiger partial charge is 0.248 e. The highest BCUT2D eigenvalue weighted by Gasteiger charge is 2.79. The van der Waals surface area contributed by atoms with Crippen LogP contribution in [0.3, 0.4) is 0 Å². The fourth-order valence-electron chi connectivity index (χ4n) is 8.45. The first kappa shape index (κ1) is 30.5. The molecule has 1 N–H and O–H groups in total. The number of ether oxygens (including phenoxy) is 1. The van der Waals surface area contributed by atoms with Gasteiger partial charge in [0.25, 0.3) is 0 Å². The molecule has 0 radical (unpaired) electrons. The van der Waals surface area contributed by atoms with E-state index in [-0.39, 0.29) is 30.4 Å². The van der Waals surface area contributed by atoms with Gasteiger partial charge in [0.15, 0.2) is 0 Å². The molecule has 6 atom stereocenters. The molecular weight excluding hydrogens is 530 g/mol. The Kier molecular flexibility index (Phi) is 8.95. The molecular formula is C34H47N3O5. The molecule has 42 heavy (non-hydrogen) atoms. The maximum absolute atomic E-state index is 14.8. The number of hydrogen-bond donors (Lipinski definition) is 1. The number of likely N-dealkylation sites (tertiary alicyclic amines) is 1. The highest BCUT2D eigenvalue weighted by molar-refractivity contribution is 6.03. The van der Waals surface area contributed by atoms with Gasteiger partial charge in [-0.3, -0.25) is 14.4 Å². The first-order chi connectivity index (χ1) is 20.3. The molecule has 3 heterocycles. The van der Waals surface area contributed by atoms with E-state index in [0.29, 0.717) is 38.8 Å². The minimum absolute atomic E-state index is 0.0724. The molecule has 3 amide bonds. The van der Waals surface area contributed by atoms with Crippen molar-refractivity contribution in [1.82, 2.24) is 9.80 Å². The Hall–Kier alpha value is -2.97. The number of carbonyl (C=O) groups is 3. The third-order valence-corrected chi connectivity index (χ3v) is 10.5. The summed E-state index contributed by atoms with van der Waals surface area (Å²) >= 11 is 0. The fourth-order valence-corrected chi connectivity index (χ4v) is 8.45. The quantitative estimate of drug-likeness (QED) is 0.370. The van der Waals surface area contributed by atoms with Crippen LogP contribution in [0.2, 0.25) is 0 Å². The number of amides is 3. The maximum atomic E-state index is 14.8. The first-order valence-corrected chi connectivity index (χ1v) is 15.9. The summed E-state index contributed by atoms with van der Waals surface area (Å²) in [7, 11) is 0. The zero-order chi connectivity index (χ0) is 30.1. The zero-order valence-electron chi connectivity index (χ0n) is 25.2. The molecule has 2 bridgehead atoms. The van der Waals surface area contributed by atoms with Gasteiger partial charge in [0.05, 0.1) is 30.1 Å². The van der Waals surface area contributed by atoms with E-state index < -0.39 is 35.1 Å². The number of carbonyl (C=O) groups excluding carboxylic acids is 3. The summed E-state index contributed by atoms with van der Waals surface area (Å²) < 4.78 is 7.02. The number of hydrogen-bond acceptors (Lipinski definition) is 5. The lowest BCUT2D eigenvalue weighted by Gasteiger charge is -2.42. The molecule has 5 rings (SSSR count). The molecule has 3 saturated heterocycles. The fraction of sp³-hybridized carbons (Fsp3) is 0.618. The predicted molar refractivity (Wildman–Crippen MR) is 163 cm³/mol. The van der Waals surface area contributed by atoms with E-state index in [2.05, 4.69) is 13.2 Å². The number of fused-ring (bicyclic) bond motifs is 1. The molecule has 2 unspecified atom stereocenters. The van der Waals surface area contributed by atoms with E-state index in [1.807, 2.05) is 49.1 Å². The van der Waals surface area contributed by atoms with Crippen LogP contribution in [0.1, 0.15) is 71.6 Å². The maximum Gasteiger partial charge on any atom is 0.248 e. The topological polar surface area (TPSA) is 90.4 Å². The molecule has 228 valence electrons. The van der Waals surface area contributed by atoms with Crippen molar-refractivity contribution in [2.24, 2.45) is 11.8 Å². The van der Waals surface area contributed by atoms with Crippen LogP contribution in [0.15, 0.2) is 55.6 Å². The summed E-state index contributed by atoms with van der Waals surface area (Å²) in [4.78, 5) is 49.3. The molecule has 3 aliphatic heterocycles. The van der Waals surface area contributed by atoms with Crippen LogP contribution in [0, 0.1) is 11.8 Å². The molecule has 8 nitrogen and oxygen atoms in total. The summed E-state index contributed by atoms with van der Waals surface area (Å²) in [5.74, 6) is -2.13. The van der Waals surface area contributed by atoms with Crippen molar-refractivity contribution in [2.45, 2.75) is 101 Å². The molecule has 1 aliphatic carbocycles. The van der Waals surface area contributed by atoms with Crippen LogP contribution in [0.5, 0.6) is 0 Å². The minimum atomic E-state index is -1.13. The van der Waals surface area contributed by atoms with Gasteiger partial charge >= 0.3 is 0 Å². The van der Waals surface area contributed by atoms with Crippen molar-refractivity contribution in [3.63, 3.8) is 0 Å². The van der Waals surface area contributed by atoms with Gasteiger partial charge in [-0.05, 0) is 50.7 Å². The average Bonchev–Trinajstić information content (AvgIpc) is 3.63. The number of anilines is 1. The van der Waals surface area contributed by atoms with Crippen molar-refractivity contribution in [2.75, 3.05) is 24.6 Å². The molecule has 4 fully saturated rings. The summed E-state index contributed by atoms with van der Waals surface area (Å²) in [5.41, 5.74) is -1.24. The Labute approximate surface area is 250 Å². The third kappa shape index (κ3) is 4.71. The van der Waals surface area contributed by atoms with Crippen molar-refractivity contribution in [3.05, 3.63) is 55.6 Å². The van der Waals surface area contributed by atoms with Crippen LogP contribution in [-0.2, 0) is 19.1 Å². The van der Waals surface area contributed by atoms with Crippen molar-refractivity contribution in [1.29, 1.82) is 0 Å². The van der Waals surface area contributed by atoms with Crippen LogP contribution in [-0.4, -0.2) is 81.7 Å². The average molecular weight is 578 g/mol. The van der Waals surface area contributed by atoms with Crippen LogP contribution in [0.25, 0.3) is 0 Å². The minimum Gasteiger partial charge on any atom is -0.394 e. The van der Waals surface area contributed by atoms with Crippen LogP contribution < -0.4 is 4.90 Å². The first-order valence-electron chi connectivity index (χ1n) is 15.9. The molecule has 8 heteroatoms. The molecule has 0 aromatic heterocycles. The second-order valence-corrected chi connectivity index (χ2v) is 12.5. The Bertz CT molecular complexity index is 1180. The van der Waals surface area contributed by atoms with Gasteiger partial charge in [0, 0.05) is 24.8 Å². The molecule has 1 spiro atoms. The molecule has 4 aliphatic rings. The Morgan fingerprint density at radius 2 is 1.76 bits per heavy atom. The summed E-state index contributed by atoms with van der Waals surface area (Å²) in [6, 6.07) is 8.07. The van der Waals surface area contributed by atoms with Crippen molar-refractivity contribution < 1.29 is 24.2 Å². The summed E-state index contributed by atoms with van der Waals surface area (Å²) in [6.07, 6.45) is 10.7. The van der Waals surface area contributed by atoms with Crippen LogP contribution >= 0.6 is 0 Å². The number of benzene rings is 1. The van der Waals surface area contributed by atoms with Gasteiger partial charge in [0.2, 0.25) is 17.7 Å². The Morgan fingerprint density at radius 3 is 2.36 bits per heavy atom. The lowest BCUT2D eigenvalue weighted by atomic mass is 9.64. The van der Waals surface area contributed by atoms with Crippen molar-refractivity contribution in [3.8, 4) is 0 Å². The van der Waals surface area contributed by atoms with E-state index in [0.717, 1.165) is 37.8 Å². The highest BCUT2D eigenvalue weighted by atomic mass is 16.5. The highest BCUT2D eigenvalue weighted by Crippen LogP contribution is 2.65. The number of nitrogens with zero attached hydrogens (tertiary/aromatic N) is 3. The van der Waals surface area contributed by atoms with Gasteiger partial charge < -0.3 is 24.5 Å². The van der Waals surface area contributed by atoms with Gasteiger partial charge in [-0.15, -0.1) is 13.2 Å². The van der Waals surface area contributed by atoms with E-state index in [1.54, 1.807) is 22.0 Å². The number of aliphatic hydroxyl groups is 1. The third-order valence-electron chi connectivity index (χ3n) is 10.5. The SMILES string of the molecule is C=CCN(C(=O)[C@@H]1[C@H]2C(=O)N([C@@H](CC)CO)C(C(=O)N(CC=C)C3CCCCC3)C23CC[C@@]1(CC)O3)c1ccccc1. The van der Waals surface area contributed by atoms with Gasteiger partial charge in [-0.1, -0.05) is 63.5 Å².